The van der Waals surface area contributed by atoms with Gasteiger partial charge in [0.2, 0.25) is 0 Å². The summed E-state index contributed by atoms with van der Waals surface area (Å²) in [5.41, 5.74) is 1.15. The SMILES string of the molecule is Cc1cc(C)cc(OCc2c(C(=O)Nc3cc([N+](=O)[O-])c(C)c([N+](=O)[O-])c3)noc2C)c1. The zero-order valence-electron chi connectivity index (χ0n) is 17.8. The number of aryl methyl sites for hydroxylation is 3. The first kappa shape index (κ1) is 22.4. The van der Waals surface area contributed by atoms with E-state index in [1.807, 2.05) is 32.0 Å². The van der Waals surface area contributed by atoms with Crippen LogP contribution in [0.25, 0.3) is 0 Å². The molecular formula is C21H20N4O7. The number of carbonyl (C=O) groups excluding carboxylic acids is 1. The maximum atomic E-state index is 12.8. The van der Waals surface area contributed by atoms with E-state index in [9.17, 15) is 25.0 Å². The quantitative estimate of drug-likeness (QED) is 0.415. The van der Waals surface area contributed by atoms with Crippen LogP contribution in [0.4, 0.5) is 17.1 Å². The van der Waals surface area contributed by atoms with Crippen molar-refractivity contribution >= 4 is 23.0 Å². The summed E-state index contributed by atoms with van der Waals surface area (Å²) in [7, 11) is 0. The van der Waals surface area contributed by atoms with Crippen molar-refractivity contribution in [3.63, 3.8) is 0 Å². The summed E-state index contributed by atoms with van der Waals surface area (Å²) in [5, 5.41) is 28.7. The monoisotopic (exact) mass is 440 g/mol. The van der Waals surface area contributed by atoms with Crippen molar-refractivity contribution in [2.75, 3.05) is 5.32 Å². The lowest BCUT2D eigenvalue weighted by Gasteiger charge is -2.09. The minimum Gasteiger partial charge on any atom is -0.489 e. The molecule has 0 aliphatic carbocycles. The lowest BCUT2D eigenvalue weighted by Crippen LogP contribution is -2.16. The van der Waals surface area contributed by atoms with Crippen LogP contribution < -0.4 is 10.1 Å². The standard InChI is InChI=1S/C21H20N4O7/c1-11-5-12(2)7-16(6-11)31-10-17-14(4)32-23-20(17)21(26)22-15-8-18(24(27)28)13(3)19(9-15)25(29)30/h5-9H,10H2,1-4H3,(H,22,26). The fourth-order valence-corrected chi connectivity index (χ4v) is 3.24. The fourth-order valence-electron chi connectivity index (χ4n) is 3.24. The van der Waals surface area contributed by atoms with E-state index in [1.54, 1.807) is 6.92 Å². The Morgan fingerprint density at radius 1 is 1.00 bits per heavy atom. The van der Waals surface area contributed by atoms with Gasteiger partial charge in [0.15, 0.2) is 5.69 Å². The average Bonchev–Trinajstić information content (AvgIpc) is 3.07. The first-order valence-electron chi connectivity index (χ1n) is 9.48. The van der Waals surface area contributed by atoms with Crippen LogP contribution in [0, 0.1) is 47.9 Å². The lowest BCUT2D eigenvalue weighted by atomic mass is 10.1. The minimum absolute atomic E-state index is 0.00479. The largest absolute Gasteiger partial charge is 0.489 e. The Bertz CT molecular complexity index is 1180. The maximum absolute atomic E-state index is 12.8. The molecule has 11 heteroatoms. The van der Waals surface area contributed by atoms with Crippen LogP contribution in [0.5, 0.6) is 5.75 Å². The van der Waals surface area contributed by atoms with Crippen molar-refractivity contribution in [3.05, 3.63) is 84.3 Å². The highest BCUT2D eigenvalue weighted by atomic mass is 16.6. The molecule has 0 saturated heterocycles. The van der Waals surface area contributed by atoms with Crippen molar-refractivity contribution in [2.24, 2.45) is 0 Å². The predicted octanol–water partition coefficient (Wildman–Crippen LogP) is 4.56. The van der Waals surface area contributed by atoms with E-state index in [2.05, 4.69) is 10.5 Å². The minimum atomic E-state index is -0.749. The van der Waals surface area contributed by atoms with E-state index in [-0.39, 0.29) is 23.6 Å². The first-order chi connectivity index (χ1) is 15.1. The summed E-state index contributed by atoms with van der Waals surface area (Å²) in [6.07, 6.45) is 0. The van der Waals surface area contributed by atoms with Crippen LogP contribution in [0.15, 0.2) is 34.9 Å². The topological polar surface area (TPSA) is 151 Å². The van der Waals surface area contributed by atoms with Gasteiger partial charge in [-0.1, -0.05) is 11.2 Å². The highest BCUT2D eigenvalue weighted by Crippen LogP contribution is 2.32. The van der Waals surface area contributed by atoms with Gasteiger partial charge in [0, 0.05) is 12.1 Å². The molecule has 1 aromatic heterocycles. The number of hydrogen-bond acceptors (Lipinski definition) is 8. The Morgan fingerprint density at radius 3 is 2.09 bits per heavy atom. The number of hydrogen-bond donors (Lipinski definition) is 1. The van der Waals surface area contributed by atoms with Gasteiger partial charge in [-0.05, 0) is 51.0 Å². The number of rotatable bonds is 7. The summed E-state index contributed by atoms with van der Waals surface area (Å²) in [6, 6.07) is 7.80. The molecule has 0 aliphatic rings. The van der Waals surface area contributed by atoms with Crippen molar-refractivity contribution in [1.82, 2.24) is 5.16 Å². The smallest absolute Gasteiger partial charge is 0.281 e. The number of aromatic nitrogens is 1. The predicted molar refractivity (Wildman–Crippen MR) is 114 cm³/mol. The molecule has 3 rings (SSSR count). The van der Waals surface area contributed by atoms with Gasteiger partial charge < -0.3 is 14.6 Å². The molecule has 1 heterocycles. The third-order valence-electron chi connectivity index (χ3n) is 4.78. The third kappa shape index (κ3) is 4.72. The van der Waals surface area contributed by atoms with Crippen molar-refractivity contribution in [3.8, 4) is 5.75 Å². The summed E-state index contributed by atoms with van der Waals surface area (Å²) in [6.45, 7) is 6.75. The Balaban J connectivity index is 1.86. The van der Waals surface area contributed by atoms with Crippen LogP contribution in [0.2, 0.25) is 0 Å². The summed E-state index contributed by atoms with van der Waals surface area (Å²) >= 11 is 0. The molecule has 3 aromatic rings. The Hall–Kier alpha value is -4.28. The van der Waals surface area contributed by atoms with E-state index in [0.29, 0.717) is 17.1 Å². The van der Waals surface area contributed by atoms with Crippen LogP contribution in [0.3, 0.4) is 0 Å². The number of benzene rings is 2. The summed E-state index contributed by atoms with van der Waals surface area (Å²) in [4.78, 5) is 33.8. The second-order valence-corrected chi connectivity index (χ2v) is 7.29. The van der Waals surface area contributed by atoms with E-state index < -0.39 is 27.1 Å². The van der Waals surface area contributed by atoms with Gasteiger partial charge in [-0.3, -0.25) is 25.0 Å². The highest BCUT2D eigenvalue weighted by molar-refractivity contribution is 6.04. The Morgan fingerprint density at radius 2 is 1.56 bits per heavy atom. The highest BCUT2D eigenvalue weighted by Gasteiger charge is 2.26. The number of anilines is 1. The van der Waals surface area contributed by atoms with Crippen molar-refractivity contribution < 1.29 is 23.9 Å². The molecule has 0 bridgehead atoms. The normalized spacial score (nSPS) is 10.6. The van der Waals surface area contributed by atoms with Crippen molar-refractivity contribution in [1.29, 1.82) is 0 Å². The van der Waals surface area contributed by atoms with Gasteiger partial charge in [-0.25, -0.2) is 0 Å². The molecule has 0 radical (unpaired) electrons. The molecule has 1 amide bonds. The molecule has 1 N–H and O–H groups in total. The number of amides is 1. The van der Waals surface area contributed by atoms with E-state index in [1.165, 1.54) is 6.92 Å². The van der Waals surface area contributed by atoms with Gasteiger partial charge in [-0.15, -0.1) is 0 Å². The number of nitro groups is 2. The Labute approximate surface area is 182 Å². The molecular weight excluding hydrogens is 420 g/mol. The number of nitrogens with one attached hydrogen (secondary N) is 1. The van der Waals surface area contributed by atoms with Gasteiger partial charge in [0.25, 0.3) is 17.3 Å². The molecule has 0 fully saturated rings. The van der Waals surface area contributed by atoms with Gasteiger partial charge in [0.1, 0.15) is 23.7 Å². The van der Waals surface area contributed by atoms with E-state index in [0.717, 1.165) is 23.3 Å². The lowest BCUT2D eigenvalue weighted by molar-refractivity contribution is -0.395. The van der Waals surface area contributed by atoms with Crippen LogP contribution in [-0.2, 0) is 6.61 Å². The number of ether oxygens (including phenoxy) is 1. The second kappa shape index (κ2) is 8.84. The second-order valence-electron chi connectivity index (χ2n) is 7.29. The molecule has 0 spiro atoms. The fraction of sp³-hybridized carbons (Fsp3) is 0.238. The summed E-state index contributed by atoms with van der Waals surface area (Å²) in [5.74, 6) is 0.230. The number of nitrogens with zero attached hydrogens (tertiary/aromatic N) is 3. The number of carbonyl (C=O) groups is 1. The molecule has 0 saturated carbocycles. The van der Waals surface area contributed by atoms with Crippen LogP contribution >= 0.6 is 0 Å². The average molecular weight is 440 g/mol. The van der Waals surface area contributed by atoms with Gasteiger partial charge in [0.05, 0.1) is 21.1 Å². The zero-order chi connectivity index (χ0) is 23.6. The van der Waals surface area contributed by atoms with Gasteiger partial charge in [-0.2, -0.15) is 0 Å². The van der Waals surface area contributed by atoms with E-state index in [4.69, 9.17) is 9.26 Å². The molecule has 0 unspecified atom stereocenters. The van der Waals surface area contributed by atoms with Crippen LogP contribution in [0.1, 0.15) is 38.5 Å². The van der Waals surface area contributed by atoms with Crippen molar-refractivity contribution in [2.45, 2.75) is 34.3 Å². The molecule has 32 heavy (non-hydrogen) atoms. The maximum Gasteiger partial charge on any atom is 0.281 e. The molecule has 0 atom stereocenters. The van der Waals surface area contributed by atoms with E-state index >= 15 is 0 Å². The first-order valence-corrected chi connectivity index (χ1v) is 9.48. The zero-order valence-corrected chi connectivity index (χ0v) is 17.8. The number of nitro benzene ring substituents is 2. The molecule has 166 valence electrons. The molecule has 2 aromatic carbocycles. The Kier molecular flexibility index (Phi) is 6.19. The van der Waals surface area contributed by atoms with Gasteiger partial charge >= 0.3 is 0 Å². The van der Waals surface area contributed by atoms with Crippen LogP contribution in [-0.4, -0.2) is 20.9 Å². The molecule has 11 nitrogen and oxygen atoms in total. The molecule has 0 aliphatic heterocycles. The third-order valence-corrected chi connectivity index (χ3v) is 4.78. The summed E-state index contributed by atoms with van der Waals surface area (Å²) < 4.78 is 10.9.